The van der Waals surface area contributed by atoms with Crippen LogP contribution in [0, 0.1) is 5.82 Å². The van der Waals surface area contributed by atoms with Crippen molar-refractivity contribution in [2.24, 2.45) is 0 Å². The number of aliphatic hydroxyl groups is 1. The first kappa shape index (κ1) is 15.4. The molecule has 0 aliphatic heterocycles. The highest BCUT2D eigenvalue weighted by atomic mass is 79.9. The van der Waals surface area contributed by atoms with Crippen LogP contribution >= 0.6 is 15.9 Å². The minimum absolute atomic E-state index is 0.118. The van der Waals surface area contributed by atoms with Crippen LogP contribution in [0.2, 0.25) is 0 Å². The third-order valence-electron chi connectivity index (χ3n) is 2.32. The molecule has 18 heavy (non-hydrogen) atoms. The summed E-state index contributed by atoms with van der Waals surface area (Å²) >= 11 is 3.00. The molecule has 102 valence electrons. The van der Waals surface area contributed by atoms with Crippen molar-refractivity contribution in [1.82, 2.24) is 4.72 Å². The Bertz CT molecular complexity index is 536. The number of sulfonamides is 1. The molecule has 0 aromatic heterocycles. The maximum atomic E-state index is 13.6. The van der Waals surface area contributed by atoms with E-state index in [1.807, 2.05) is 0 Å². The molecule has 1 rings (SSSR count). The number of halogens is 2. The zero-order chi connectivity index (χ0) is 13.9. The smallest absolute Gasteiger partial charge is 0.243 e. The van der Waals surface area contributed by atoms with Gasteiger partial charge in [0.1, 0.15) is 10.7 Å². The van der Waals surface area contributed by atoms with E-state index in [1.54, 1.807) is 6.92 Å². The molecule has 0 spiro atoms. The van der Waals surface area contributed by atoms with Crippen molar-refractivity contribution >= 4 is 31.6 Å². The number of hydrogen-bond acceptors (Lipinski definition) is 4. The topological polar surface area (TPSA) is 92.4 Å². The molecule has 1 atom stereocenters. The predicted molar refractivity (Wildman–Crippen MR) is 70.0 cm³/mol. The number of nitrogen functional groups attached to an aromatic ring is 1. The van der Waals surface area contributed by atoms with E-state index in [1.165, 1.54) is 0 Å². The van der Waals surface area contributed by atoms with Crippen LogP contribution in [0.15, 0.2) is 21.5 Å². The summed E-state index contributed by atoms with van der Waals surface area (Å²) in [5, 5.41) is 9.28. The Morgan fingerprint density at radius 1 is 1.56 bits per heavy atom. The number of hydrogen-bond donors (Lipinski definition) is 3. The summed E-state index contributed by atoms with van der Waals surface area (Å²) in [6, 6.07) is 2.01. The molecule has 8 heteroatoms. The second-order valence-corrected chi connectivity index (χ2v) is 6.31. The number of anilines is 1. The second kappa shape index (κ2) is 5.96. The lowest BCUT2D eigenvalue weighted by atomic mass is 10.3. The van der Waals surface area contributed by atoms with Gasteiger partial charge in [-0.3, -0.25) is 0 Å². The number of nitrogens with one attached hydrogen (secondary N) is 1. The van der Waals surface area contributed by atoms with Crippen LogP contribution in [0.5, 0.6) is 0 Å². The fourth-order valence-electron chi connectivity index (χ4n) is 1.18. The van der Waals surface area contributed by atoms with E-state index in [0.29, 0.717) is 6.42 Å². The quantitative estimate of drug-likeness (QED) is 0.702. The first-order valence-corrected chi connectivity index (χ1v) is 7.47. The Hall–Kier alpha value is -0.700. The van der Waals surface area contributed by atoms with Gasteiger partial charge in [0.15, 0.2) is 0 Å². The van der Waals surface area contributed by atoms with Gasteiger partial charge in [-0.2, -0.15) is 0 Å². The van der Waals surface area contributed by atoms with Gasteiger partial charge < -0.3 is 10.8 Å². The SMILES string of the molecule is CCC(O)CNS(=O)(=O)c1cc(N)c(Br)cc1F. The van der Waals surface area contributed by atoms with E-state index in [-0.39, 0.29) is 16.7 Å². The van der Waals surface area contributed by atoms with E-state index >= 15 is 0 Å². The maximum absolute atomic E-state index is 13.6. The Morgan fingerprint density at radius 3 is 2.72 bits per heavy atom. The zero-order valence-corrected chi connectivity index (χ0v) is 12.1. The van der Waals surface area contributed by atoms with Crippen molar-refractivity contribution in [3.8, 4) is 0 Å². The normalized spacial score (nSPS) is 13.6. The largest absolute Gasteiger partial charge is 0.398 e. The molecule has 5 nitrogen and oxygen atoms in total. The van der Waals surface area contributed by atoms with Crippen LogP contribution < -0.4 is 10.5 Å². The molecule has 0 heterocycles. The number of aliphatic hydroxyl groups excluding tert-OH is 1. The molecule has 0 aliphatic carbocycles. The summed E-state index contributed by atoms with van der Waals surface area (Å²) in [6.07, 6.45) is -0.413. The molecule has 4 N–H and O–H groups in total. The second-order valence-electron chi connectivity index (χ2n) is 3.72. The molecule has 0 amide bonds. The Balaban J connectivity index is 3.02. The summed E-state index contributed by atoms with van der Waals surface area (Å²) in [4.78, 5) is -0.536. The lowest BCUT2D eigenvalue weighted by Gasteiger charge is -2.11. The van der Waals surface area contributed by atoms with Gasteiger partial charge in [-0.15, -0.1) is 0 Å². The molecule has 1 aromatic carbocycles. The average Bonchev–Trinajstić information content (AvgIpc) is 2.30. The number of benzene rings is 1. The summed E-state index contributed by atoms with van der Waals surface area (Å²) in [7, 11) is -4.02. The average molecular weight is 341 g/mol. The number of nitrogens with two attached hydrogens (primary N) is 1. The highest BCUT2D eigenvalue weighted by Gasteiger charge is 2.21. The van der Waals surface area contributed by atoms with Crippen LogP contribution in [-0.2, 0) is 10.0 Å². The minimum Gasteiger partial charge on any atom is -0.398 e. The maximum Gasteiger partial charge on any atom is 0.243 e. The molecule has 0 bridgehead atoms. The van der Waals surface area contributed by atoms with Gasteiger partial charge in [0.05, 0.1) is 6.10 Å². The van der Waals surface area contributed by atoms with Crippen LogP contribution in [0.4, 0.5) is 10.1 Å². The van der Waals surface area contributed by atoms with Crippen molar-refractivity contribution in [2.45, 2.75) is 24.3 Å². The molecule has 0 saturated carbocycles. The summed E-state index contributed by atoms with van der Waals surface area (Å²) in [6.45, 7) is 1.53. The molecule has 1 unspecified atom stereocenters. The van der Waals surface area contributed by atoms with Crippen LogP contribution in [0.25, 0.3) is 0 Å². The third-order valence-corrected chi connectivity index (χ3v) is 4.45. The minimum atomic E-state index is -4.02. The van der Waals surface area contributed by atoms with Gasteiger partial charge in [0, 0.05) is 16.7 Å². The zero-order valence-electron chi connectivity index (χ0n) is 9.65. The van der Waals surface area contributed by atoms with Crippen molar-refractivity contribution in [2.75, 3.05) is 12.3 Å². The van der Waals surface area contributed by atoms with E-state index in [0.717, 1.165) is 12.1 Å². The standard InChI is InChI=1S/C10H14BrFN2O3S/c1-2-6(15)5-14-18(16,17)10-4-9(13)7(11)3-8(10)12/h3-4,6,14-15H,2,5,13H2,1H3. The highest BCUT2D eigenvalue weighted by Crippen LogP contribution is 2.25. The number of rotatable bonds is 5. The summed E-state index contributed by atoms with van der Waals surface area (Å²) < 4.78 is 39.6. The van der Waals surface area contributed by atoms with Crippen LogP contribution in [-0.4, -0.2) is 26.2 Å². The van der Waals surface area contributed by atoms with E-state index < -0.39 is 26.8 Å². The molecule has 0 radical (unpaired) electrons. The third kappa shape index (κ3) is 3.64. The fraction of sp³-hybridized carbons (Fsp3) is 0.400. The first-order valence-electron chi connectivity index (χ1n) is 5.20. The lowest BCUT2D eigenvalue weighted by Crippen LogP contribution is -2.32. The lowest BCUT2D eigenvalue weighted by molar-refractivity contribution is 0.174. The van der Waals surface area contributed by atoms with E-state index in [4.69, 9.17) is 5.73 Å². The van der Waals surface area contributed by atoms with E-state index in [9.17, 15) is 17.9 Å². The van der Waals surface area contributed by atoms with Crippen molar-refractivity contribution < 1.29 is 17.9 Å². The van der Waals surface area contributed by atoms with Crippen molar-refractivity contribution in [3.05, 3.63) is 22.4 Å². The van der Waals surface area contributed by atoms with Gasteiger partial charge in [-0.25, -0.2) is 17.5 Å². The predicted octanol–water partition coefficient (Wildman–Crippen LogP) is 1.22. The Labute approximate surface area is 113 Å². The monoisotopic (exact) mass is 340 g/mol. The van der Waals surface area contributed by atoms with Gasteiger partial charge in [-0.05, 0) is 34.5 Å². The van der Waals surface area contributed by atoms with Gasteiger partial charge >= 0.3 is 0 Å². The Morgan fingerprint density at radius 2 is 2.17 bits per heavy atom. The molecule has 0 saturated heterocycles. The molecule has 0 aliphatic rings. The first-order chi connectivity index (χ1) is 8.27. The van der Waals surface area contributed by atoms with E-state index in [2.05, 4.69) is 20.7 Å². The van der Waals surface area contributed by atoms with Gasteiger partial charge in [-0.1, -0.05) is 6.92 Å². The molecular weight excluding hydrogens is 327 g/mol. The molecular formula is C10H14BrFN2O3S. The van der Waals surface area contributed by atoms with Crippen molar-refractivity contribution in [1.29, 1.82) is 0 Å². The van der Waals surface area contributed by atoms with Crippen LogP contribution in [0.3, 0.4) is 0 Å². The fourth-order valence-corrected chi connectivity index (χ4v) is 2.66. The Kier molecular flexibility index (Phi) is 5.09. The summed E-state index contributed by atoms with van der Waals surface area (Å²) in [5.74, 6) is -0.908. The van der Waals surface area contributed by atoms with Gasteiger partial charge in [0.2, 0.25) is 10.0 Å². The van der Waals surface area contributed by atoms with Gasteiger partial charge in [0.25, 0.3) is 0 Å². The molecule has 1 aromatic rings. The van der Waals surface area contributed by atoms with Crippen LogP contribution in [0.1, 0.15) is 13.3 Å². The highest BCUT2D eigenvalue weighted by molar-refractivity contribution is 9.10. The molecule has 0 fully saturated rings. The van der Waals surface area contributed by atoms with Crippen molar-refractivity contribution in [3.63, 3.8) is 0 Å². The summed E-state index contributed by atoms with van der Waals surface area (Å²) in [5.41, 5.74) is 5.63.